The van der Waals surface area contributed by atoms with E-state index in [-0.39, 0.29) is 16.3 Å². The molecule has 0 spiro atoms. The minimum Gasteiger partial charge on any atom is -0.497 e. The van der Waals surface area contributed by atoms with Gasteiger partial charge in [0.15, 0.2) is 0 Å². The molecule has 27 heavy (non-hydrogen) atoms. The number of benzene rings is 2. The standard InChI is InChI=1S/C18H18FN3O4S/c1-11-8-13(5-7-15(11)19)27(23,24)22-18(20)10-16(21-22)14-6-4-12(25-2)9-17(14)26-3/h4-10H,20H2,1-3H3. The zero-order chi connectivity index (χ0) is 19.8. The largest absolute Gasteiger partial charge is 0.497 e. The third-order valence-corrected chi connectivity index (χ3v) is 5.64. The second kappa shape index (κ2) is 6.92. The van der Waals surface area contributed by atoms with Crippen molar-refractivity contribution in [3.8, 4) is 22.8 Å². The molecule has 3 aromatic rings. The maximum atomic E-state index is 13.5. The molecule has 0 amide bonds. The molecule has 0 saturated carbocycles. The second-order valence-corrected chi connectivity index (χ2v) is 7.55. The van der Waals surface area contributed by atoms with Crippen LogP contribution in [-0.2, 0) is 10.0 Å². The van der Waals surface area contributed by atoms with Crippen molar-refractivity contribution in [2.75, 3.05) is 20.0 Å². The maximum Gasteiger partial charge on any atom is 0.284 e. The summed E-state index contributed by atoms with van der Waals surface area (Å²) in [5.41, 5.74) is 6.97. The van der Waals surface area contributed by atoms with E-state index < -0.39 is 15.8 Å². The molecule has 0 atom stereocenters. The third-order valence-electron chi connectivity index (χ3n) is 4.04. The van der Waals surface area contributed by atoms with Crippen molar-refractivity contribution in [1.29, 1.82) is 0 Å². The number of aromatic nitrogens is 2. The Balaban J connectivity index is 2.10. The van der Waals surface area contributed by atoms with E-state index in [2.05, 4.69) is 5.10 Å². The van der Waals surface area contributed by atoms with Crippen LogP contribution in [0.3, 0.4) is 0 Å². The van der Waals surface area contributed by atoms with Crippen LogP contribution in [0.5, 0.6) is 11.5 Å². The van der Waals surface area contributed by atoms with Crippen molar-refractivity contribution in [1.82, 2.24) is 9.19 Å². The normalized spacial score (nSPS) is 11.4. The molecule has 7 nitrogen and oxygen atoms in total. The number of nitrogens with two attached hydrogens (primary N) is 1. The van der Waals surface area contributed by atoms with Crippen LogP contribution in [0.15, 0.2) is 47.4 Å². The summed E-state index contributed by atoms with van der Waals surface area (Å²) in [6, 6.07) is 9.98. The van der Waals surface area contributed by atoms with Crippen LogP contribution in [0, 0.1) is 12.7 Å². The summed E-state index contributed by atoms with van der Waals surface area (Å²) < 4.78 is 50.4. The fraction of sp³-hybridized carbons (Fsp3) is 0.167. The molecular formula is C18H18FN3O4S. The Hall–Kier alpha value is -3.07. The van der Waals surface area contributed by atoms with Crippen molar-refractivity contribution in [2.45, 2.75) is 11.8 Å². The first-order valence-corrected chi connectivity index (χ1v) is 9.31. The van der Waals surface area contributed by atoms with Gasteiger partial charge in [0.2, 0.25) is 0 Å². The zero-order valence-corrected chi connectivity index (χ0v) is 15.7. The Kier molecular flexibility index (Phi) is 4.79. The summed E-state index contributed by atoms with van der Waals surface area (Å²) in [5.74, 6) is 0.460. The molecule has 3 rings (SSSR count). The Bertz CT molecular complexity index is 1110. The van der Waals surface area contributed by atoms with Crippen molar-refractivity contribution in [2.24, 2.45) is 0 Å². The number of anilines is 1. The number of halogens is 1. The highest BCUT2D eigenvalue weighted by Crippen LogP contribution is 2.34. The summed E-state index contributed by atoms with van der Waals surface area (Å²) in [5, 5.41) is 4.13. The van der Waals surface area contributed by atoms with Crippen molar-refractivity contribution in [3.63, 3.8) is 0 Å². The molecule has 0 unspecified atom stereocenters. The van der Waals surface area contributed by atoms with E-state index in [1.54, 1.807) is 18.2 Å². The van der Waals surface area contributed by atoms with Crippen molar-refractivity contribution < 1.29 is 22.3 Å². The number of nitrogens with zero attached hydrogens (tertiary/aromatic N) is 2. The van der Waals surface area contributed by atoms with E-state index in [9.17, 15) is 12.8 Å². The van der Waals surface area contributed by atoms with E-state index in [0.717, 1.165) is 10.2 Å². The third kappa shape index (κ3) is 3.33. The monoisotopic (exact) mass is 391 g/mol. The first-order valence-electron chi connectivity index (χ1n) is 7.87. The summed E-state index contributed by atoms with van der Waals surface area (Å²) >= 11 is 0. The summed E-state index contributed by atoms with van der Waals surface area (Å²) in [6.45, 7) is 1.48. The first kappa shape index (κ1) is 18.7. The Morgan fingerprint density at radius 1 is 1.07 bits per heavy atom. The highest BCUT2D eigenvalue weighted by molar-refractivity contribution is 7.90. The number of methoxy groups -OCH3 is 2. The summed E-state index contributed by atoms with van der Waals surface area (Å²) in [7, 11) is -1.07. The van der Waals surface area contributed by atoms with Crippen LogP contribution in [0.25, 0.3) is 11.3 Å². The van der Waals surface area contributed by atoms with Gasteiger partial charge in [0.25, 0.3) is 10.0 Å². The minimum atomic E-state index is -4.08. The number of ether oxygens (including phenoxy) is 2. The number of hydrogen-bond donors (Lipinski definition) is 1. The van der Waals surface area contributed by atoms with Gasteiger partial charge in [0.05, 0.1) is 24.8 Å². The Morgan fingerprint density at radius 2 is 1.81 bits per heavy atom. The fourth-order valence-corrected chi connectivity index (χ4v) is 3.88. The van der Waals surface area contributed by atoms with Crippen LogP contribution in [0.2, 0.25) is 0 Å². The number of nitrogen functional groups attached to an aromatic ring is 1. The molecule has 2 aromatic carbocycles. The van der Waals surface area contributed by atoms with E-state index in [1.807, 2.05) is 0 Å². The topological polar surface area (TPSA) is 96.4 Å². The van der Waals surface area contributed by atoms with Crippen LogP contribution < -0.4 is 15.2 Å². The Morgan fingerprint density at radius 3 is 2.44 bits per heavy atom. The molecule has 0 aliphatic heterocycles. The molecule has 0 bridgehead atoms. The van der Waals surface area contributed by atoms with Gasteiger partial charge in [-0.2, -0.15) is 13.5 Å². The van der Waals surface area contributed by atoms with Gasteiger partial charge in [-0.25, -0.2) is 4.39 Å². The average Bonchev–Trinajstić information content (AvgIpc) is 3.05. The second-order valence-electron chi connectivity index (χ2n) is 5.78. The summed E-state index contributed by atoms with van der Waals surface area (Å²) in [6.07, 6.45) is 0. The molecule has 0 saturated heterocycles. The average molecular weight is 391 g/mol. The molecule has 0 aliphatic carbocycles. The lowest BCUT2D eigenvalue weighted by atomic mass is 10.1. The van der Waals surface area contributed by atoms with Gasteiger partial charge in [0, 0.05) is 17.7 Å². The van der Waals surface area contributed by atoms with E-state index in [0.29, 0.717) is 22.8 Å². The molecule has 1 heterocycles. The molecule has 0 fully saturated rings. The predicted molar refractivity (Wildman–Crippen MR) is 98.9 cm³/mol. The van der Waals surface area contributed by atoms with Gasteiger partial charge in [-0.15, -0.1) is 4.09 Å². The number of rotatable bonds is 5. The minimum absolute atomic E-state index is 0.0788. The molecule has 142 valence electrons. The molecule has 0 aliphatic rings. The first-order chi connectivity index (χ1) is 12.8. The van der Waals surface area contributed by atoms with Gasteiger partial charge in [-0.3, -0.25) is 0 Å². The summed E-state index contributed by atoms with van der Waals surface area (Å²) in [4.78, 5) is -0.107. The van der Waals surface area contributed by atoms with Crippen molar-refractivity contribution in [3.05, 3.63) is 53.8 Å². The number of hydrogen-bond acceptors (Lipinski definition) is 6. The van der Waals surface area contributed by atoms with Gasteiger partial charge in [-0.05, 0) is 42.8 Å². The maximum absolute atomic E-state index is 13.5. The van der Waals surface area contributed by atoms with Gasteiger partial charge < -0.3 is 15.2 Å². The SMILES string of the molecule is COc1ccc(-c2cc(N)n(S(=O)(=O)c3ccc(F)c(C)c3)n2)c(OC)c1. The van der Waals surface area contributed by atoms with E-state index in [1.165, 1.54) is 39.3 Å². The molecule has 1 aromatic heterocycles. The molecule has 9 heteroatoms. The van der Waals surface area contributed by atoms with E-state index >= 15 is 0 Å². The van der Waals surface area contributed by atoms with E-state index in [4.69, 9.17) is 15.2 Å². The van der Waals surface area contributed by atoms with Gasteiger partial charge >= 0.3 is 0 Å². The fourth-order valence-electron chi connectivity index (χ4n) is 2.59. The van der Waals surface area contributed by atoms with Crippen LogP contribution >= 0.6 is 0 Å². The zero-order valence-electron chi connectivity index (χ0n) is 14.9. The highest BCUT2D eigenvalue weighted by Gasteiger charge is 2.23. The quantitative estimate of drug-likeness (QED) is 0.718. The molecular weight excluding hydrogens is 373 g/mol. The Labute approximate surface area is 156 Å². The lowest BCUT2D eigenvalue weighted by Gasteiger charge is -2.09. The number of aryl methyl sites for hydroxylation is 1. The lowest BCUT2D eigenvalue weighted by molar-refractivity contribution is 0.395. The lowest BCUT2D eigenvalue weighted by Crippen LogP contribution is -2.17. The van der Waals surface area contributed by atoms with Crippen LogP contribution in [0.4, 0.5) is 10.2 Å². The van der Waals surface area contributed by atoms with Crippen LogP contribution in [-0.4, -0.2) is 31.8 Å². The predicted octanol–water partition coefficient (Wildman–Crippen LogP) is 2.83. The molecule has 2 N–H and O–H groups in total. The molecule has 0 radical (unpaired) electrons. The van der Waals surface area contributed by atoms with Crippen molar-refractivity contribution >= 4 is 15.8 Å². The smallest absolute Gasteiger partial charge is 0.284 e. The van der Waals surface area contributed by atoms with Crippen LogP contribution in [0.1, 0.15) is 5.56 Å². The van der Waals surface area contributed by atoms with Gasteiger partial charge in [0.1, 0.15) is 23.1 Å². The van der Waals surface area contributed by atoms with Gasteiger partial charge in [-0.1, -0.05) is 0 Å². The highest BCUT2D eigenvalue weighted by atomic mass is 32.2.